The van der Waals surface area contributed by atoms with Crippen LogP contribution < -0.4 is 15.4 Å². The molecule has 0 fully saturated rings. The smallest absolute Gasteiger partial charge is 0.328 e. The Hall–Kier alpha value is -2.28. The van der Waals surface area contributed by atoms with E-state index in [0.717, 1.165) is 0 Å². The second-order valence-electron chi connectivity index (χ2n) is 4.00. The highest BCUT2D eigenvalue weighted by Crippen LogP contribution is 2.31. The molecule has 1 aromatic rings. The van der Waals surface area contributed by atoms with Crippen molar-refractivity contribution in [1.29, 1.82) is 0 Å². The first-order chi connectivity index (χ1) is 9.13. The van der Waals surface area contributed by atoms with Gasteiger partial charge in [0, 0.05) is 6.54 Å². The van der Waals surface area contributed by atoms with Crippen molar-refractivity contribution >= 4 is 17.6 Å². The van der Waals surface area contributed by atoms with Gasteiger partial charge in [0.05, 0.1) is 17.9 Å². The van der Waals surface area contributed by atoms with Crippen LogP contribution in [0.1, 0.15) is 10.4 Å². The number of aliphatic hydroxyl groups excluding tert-OH is 1. The number of rotatable bonds is 4. The van der Waals surface area contributed by atoms with Gasteiger partial charge in [-0.25, -0.2) is 4.79 Å². The summed E-state index contributed by atoms with van der Waals surface area (Å²) in [7, 11) is 0. The van der Waals surface area contributed by atoms with Gasteiger partial charge < -0.3 is 25.6 Å². The van der Waals surface area contributed by atoms with Crippen LogP contribution in [-0.2, 0) is 4.79 Å². The molecular formula is C12H14N2O5. The van der Waals surface area contributed by atoms with Crippen molar-refractivity contribution < 1.29 is 24.5 Å². The first-order valence-corrected chi connectivity index (χ1v) is 5.77. The van der Waals surface area contributed by atoms with Gasteiger partial charge in [-0.1, -0.05) is 6.07 Å². The van der Waals surface area contributed by atoms with Crippen molar-refractivity contribution in [2.24, 2.45) is 0 Å². The molecule has 0 unspecified atom stereocenters. The van der Waals surface area contributed by atoms with Crippen molar-refractivity contribution in [3.05, 3.63) is 23.8 Å². The van der Waals surface area contributed by atoms with Crippen LogP contribution in [-0.4, -0.2) is 47.9 Å². The molecule has 1 aliphatic heterocycles. The minimum Gasteiger partial charge on any atom is -0.489 e. The molecule has 102 valence electrons. The van der Waals surface area contributed by atoms with E-state index in [1.54, 1.807) is 12.1 Å². The summed E-state index contributed by atoms with van der Waals surface area (Å²) in [5, 5.41) is 23.0. The standard InChI is InChI=1S/C12H14N2O5/c15-6-9(12(17)18)14-11(16)7-2-1-3-8-10(7)19-5-4-13-8/h1-3,9,13,15H,4-6H2,(H,14,16)(H,17,18)/t9-/m0/s1. The summed E-state index contributed by atoms with van der Waals surface area (Å²) in [6.07, 6.45) is 0. The van der Waals surface area contributed by atoms with E-state index < -0.39 is 24.5 Å². The lowest BCUT2D eigenvalue weighted by molar-refractivity contribution is -0.140. The molecule has 4 N–H and O–H groups in total. The molecule has 1 heterocycles. The number of hydrogen-bond acceptors (Lipinski definition) is 5. The van der Waals surface area contributed by atoms with E-state index in [1.165, 1.54) is 6.07 Å². The van der Waals surface area contributed by atoms with E-state index in [2.05, 4.69) is 10.6 Å². The maximum atomic E-state index is 12.0. The molecule has 1 aliphatic rings. The van der Waals surface area contributed by atoms with Crippen molar-refractivity contribution in [3.63, 3.8) is 0 Å². The number of fused-ring (bicyclic) bond motifs is 1. The lowest BCUT2D eigenvalue weighted by Crippen LogP contribution is -2.43. The second kappa shape index (κ2) is 5.57. The highest BCUT2D eigenvalue weighted by atomic mass is 16.5. The molecule has 1 aromatic carbocycles. The minimum atomic E-state index is -1.33. The third-order valence-electron chi connectivity index (χ3n) is 2.71. The summed E-state index contributed by atoms with van der Waals surface area (Å²) in [4.78, 5) is 22.8. The Balaban J connectivity index is 2.22. The van der Waals surface area contributed by atoms with E-state index in [-0.39, 0.29) is 5.56 Å². The molecule has 0 aliphatic carbocycles. The van der Waals surface area contributed by atoms with E-state index in [9.17, 15) is 9.59 Å². The third kappa shape index (κ3) is 2.76. The Morgan fingerprint density at radius 1 is 1.47 bits per heavy atom. The molecule has 19 heavy (non-hydrogen) atoms. The Morgan fingerprint density at radius 2 is 2.26 bits per heavy atom. The van der Waals surface area contributed by atoms with Crippen molar-refractivity contribution in [3.8, 4) is 5.75 Å². The van der Waals surface area contributed by atoms with Crippen LogP contribution in [0.4, 0.5) is 5.69 Å². The fraction of sp³-hybridized carbons (Fsp3) is 0.333. The molecule has 7 nitrogen and oxygen atoms in total. The average molecular weight is 266 g/mol. The maximum absolute atomic E-state index is 12.0. The molecule has 7 heteroatoms. The summed E-state index contributed by atoms with van der Waals surface area (Å²) in [5.41, 5.74) is 0.930. The van der Waals surface area contributed by atoms with E-state index >= 15 is 0 Å². The fourth-order valence-corrected chi connectivity index (χ4v) is 1.77. The van der Waals surface area contributed by atoms with Gasteiger partial charge in [0.1, 0.15) is 6.61 Å². The third-order valence-corrected chi connectivity index (χ3v) is 2.71. The lowest BCUT2D eigenvalue weighted by Gasteiger charge is -2.22. The Kier molecular flexibility index (Phi) is 3.86. The molecule has 0 saturated heterocycles. The van der Waals surface area contributed by atoms with Crippen LogP contribution in [0.25, 0.3) is 0 Å². The van der Waals surface area contributed by atoms with Gasteiger partial charge in [-0.15, -0.1) is 0 Å². The summed E-state index contributed by atoms with van der Waals surface area (Å²) >= 11 is 0. The number of hydrogen-bond donors (Lipinski definition) is 4. The van der Waals surface area contributed by atoms with Crippen LogP contribution in [0.15, 0.2) is 18.2 Å². The van der Waals surface area contributed by atoms with Crippen LogP contribution in [0.5, 0.6) is 5.75 Å². The van der Waals surface area contributed by atoms with Gasteiger partial charge in [0.15, 0.2) is 11.8 Å². The van der Waals surface area contributed by atoms with Crippen molar-refractivity contribution in [2.45, 2.75) is 6.04 Å². The molecule has 0 spiro atoms. The van der Waals surface area contributed by atoms with Gasteiger partial charge in [-0.3, -0.25) is 4.79 Å². The first-order valence-electron chi connectivity index (χ1n) is 5.77. The first kappa shape index (κ1) is 13.2. The Morgan fingerprint density at radius 3 is 2.95 bits per heavy atom. The molecule has 1 atom stereocenters. The molecule has 0 aromatic heterocycles. The summed E-state index contributed by atoms with van der Waals surface area (Å²) < 4.78 is 5.42. The van der Waals surface area contributed by atoms with Crippen LogP contribution >= 0.6 is 0 Å². The minimum absolute atomic E-state index is 0.240. The monoisotopic (exact) mass is 266 g/mol. The number of carbonyl (C=O) groups excluding carboxylic acids is 1. The number of anilines is 1. The number of carbonyl (C=O) groups is 2. The predicted molar refractivity (Wildman–Crippen MR) is 66.4 cm³/mol. The quantitative estimate of drug-likeness (QED) is 0.594. The summed E-state index contributed by atoms with van der Waals surface area (Å²) in [6, 6.07) is 3.65. The van der Waals surface area contributed by atoms with Crippen LogP contribution in [0.3, 0.4) is 0 Å². The zero-order valence-corrected chi connectivity index (χ0v) is 10.0. The van der Waals surface area contributed by atoms with Gasteiger partial charge in [-0.05, 0) is 12.1 Å². The number of aliphatic hydroxyl groups is 1. The second-order valence-corrected chi connectivity index (χ2v) is 4.00. The maximum Gasteiger partial charge on any atom is 0.328 e. The topological polar surface area (TPSA) is 108 Å². The van der Waals surface area contributed by atoms with Gasteiger partial charge in [0.2, 0.25) is 0 Å². The predicted octanol–water partition coefficient (Wildman–Crippen LogP) is -0.334. The number of ether oxygens (including phenoxy) is 1. The van der Waals surface area contributed by atoms with Gasteiger partial charge >= 0.3 is 5.97 Å². The molecule has 1 amide bonds. The Bertz CT molecular complexity index is 503. The SMILES string of the molecule is O=C(N[C@@H](CO)C(=O)O)c1cccc2c1OCCN2. The highest BCUT2D eigenvalue weighted by molar-refractivity contribution is 6.00. The zero-order valence-electron chi connectivity index (χ0n) is 10.0. The lowest BCUT2D eigenvalue weighted by atomic mass is 10.1. The fourth-order valence-electron chi connectivity index (χ4n) is 1.77. The van der Waals surface area contributed by atoms with Gasteiger partial charge in [-0.2, -0.15) is 0 Å². The number of benzene rings is 1. The van der Waals surface area contributed by atoms with E-state index in [1.807, 2.05) is 0 Å². The number of carboxylic acids is 1. The number of amides is 1. The molecular weight excluding hydrogens is 252 g/mol. The van der Waals surface area contributed by atoms with Crippen LogP contribution in [0, 0.1) is 0 Å². The highest BCUT2D eigenvalue weighted by Gasteiger charge is 2.23. The normalized spacial score (nSPS) is 14.6. The average Bonchev–Trinajstić information content (AvgIpc) is 2.43. The number of carboxylic acid groups (broad SMARTS) is 1. The molecule has 2 rings (SSSR count). The van der Waals surface area contributed by atoms with E-state index in [4.69, 9.17) is 14.9 Å². The van der Waals surface area contributed by atoms with Gasteiger partial charge in [0.25, 0.3) is 5.91 Å². The molecule has 0 radical (unpaired) electrons. The largest absolute Gasteiger partial charge is 0.489 e. The van der Waals surface area contributed by atoms with Crippen molar-refractivity contribution in [2.75, 3.05) is 25.1 Å². The molecule has 0 bridgehead atoms. The van der Waals surface area contributed by atoms with Crippen molar-refractivity contribution in [1.82, 2.24) is 5.32 Å². The van der Waals surface area contributed by atoms with E-state index in [0.29, 0.717) is 24.6 Å². The number of nitrogens with one attached hydrogen (secondary N) is 2. The number of aliphatic carboxylic acids is 1. The van der Waals surface area contributed by atoms with Crippen LogP contribution in [0.2, 0.25) is 0 Å². The molecule has 0 saturated carbocycles. The summed E-state index contributed by atoms with van der Waals surface area (Å²) in [6.45, 7) is 0.404. The zero-order chi connectivity index (χ0) is 13.8. The Labute approximate surface area is 109 Å². The summed E-state index contributed by atoms with van der Waals surface area (Å²) in [5.74, 6) is -1.49. The number of para-hydroxylation sites is 1.